The molecule has 1 aromatic rings. The zero-order valence-corrected chi connectivity index (χ0v) is 12.3. The van der Waals surface area contributed by atoms with E-state index in [9.17, 15) is 0 Å². The highest BCUT2D eigenvalue weighted by molar-refractivity contribution is 6.58. The van der Waals surface area contributed by atoms with Crippen molar-refractivity contribution in [2.45, 2.75) is 39.0 Å². The van der Waals surface area contributed by atoms with Crippen LogP contribution in [-0.4, -0.2) is 37.0 Å². The minimum Gasteiger partial charge on any atom is -0.491 e. The average molecular weight is 280 g/mol. The Labute approximate surface area is 121 Å². The maximum atomic E-state index is 8.96. The van der Waals surface area contributed by atoms with Gasteiger partial charge in [-0.05, 0) is 24.0 Å². The first-order valence-corrected chi connectivity index (χ1v) is 7.40. The lowest BCUT2D eigenvalue weighted by Crippen LogP contribution is -2.29. The van der Waals surface area contributed by atoms with Gasteiger partial charge in [0.25, 0.3) is 0 Å². The van der Waals surface area contributed by atoms with Crippen molar-refractivity contribution >= 4 is 12.6 Å². The van der Waals surface area contributed by atoms with Gasteiger partial charge in [0.15, 0.2) is 0 Å². The fourth-order valence-electron chi connectivity index (χ4n) is 1.86. The second-order valence-corrected chi connectivity index (χ2v) is 4.82. The molecule has 0 aliphatic carbocycles. The van der Waals surface area contributed by atoms with E-state index in [2.05, 4.69) is 6.92 Å². The molecule has 0 unspecified atom stereocenters. The zero-order valence-electron chi connectivity index (χ0n) is 12.3. The molecule has 0 bridgehead atoms. The molecule has 112 valence electrons. The lowest BCUT2D eigenvalue weighted by atomic mass is 9.80. The predicted octanol–water partition coefficient (Wildman–Crippen LogP) is 1.73. The molecule has 4 nitrogen and oxygen atoms in total. The molecule has 0 atom stereocenters. The van der Waals surface area contributed by atoms with Gasteiger partial charge in [0, 0.05) is 6.61 Å². The number of unbranched alkanes of at least 4 members (excludes halogenated alkanes) is 4. The van der Waals surface area contributed by atoms with Crippen LogP contribution in [0.5, 0.6) is 5.75 Å². The van der Waals surface area contributed by atoms with Gasteiger partial charge < -0.3 is 19.5 Å². The van der Waals surface area contributed by atoms with Crippen LogP contribution in [0.3, 0.4) is 0 Å². The van der Waals surface area contributed by atoms with Crippen molar-refractivity contribution in [3.8, 4) is 5.75 Å². The highest BCUT2D eigenvalue weighted by Gasteiger charge is 2.09. The van der Waals surface area contributed by atoms with Gasteiger partial charge in [-0.2, -0.15) is 0 Å². The Balaban J connectivity index is 2.01. The van der Waals surface area contributed by atoms with Crippen LogP contribution in [0.2, 0.25) is 0 Å². The van der Waals surface area contributed by atoms with E-state index in [1.807, 2.05) is 0 Å². The van der Waals surface area contributed by atoms with Gasteiger partial charge in [0.2, 0.25) is 0 Å². The molecule has 5 heteroatoms. The van der Waals surface area contributed by atoms with E-state index in [1.165, 1.54) is 25.7 Å². The number of benzene rings is 1. The molecule has 1 aromatic carbocycles. The minimum absolute atomic E-state index is 0.459. The number of ether oxygens (including phenoxy) is 2. The van der Waals surface area contributed by atoms with Gasteiger partial charge in [0.1, 0.15) is 12.4 Å². The van der Waals surface area contributed by atoms with E-state index in [4.69, 9.17) is 19.5 Å². The SMILES string of the molecule is CCCCCCCOCCOc1ccc(B(O)O)cc1. The first kappa shape index (κ1) is 17.0. The maximum absolute atomic E-state index is 8.96. The summed E-state index contributed by atoms with van der Waals surface area (Å²) >= 11 is 0. The van der Waals surface area contributed by atoms with Crippen molar-refractivity contribution in [2.24, 2.45) is 0 Å². The molecule has 0 radical (unpaired) electrons. The molecule has 2 N–H and O–H groups in total. The highest BCUT2D eigenvalue weighted by Crippen LogP contribution is 2.07. The van der Waals surface area contributed by atoms with Crippen LogP contribution < -0.4 is 10.2 Å². The van der Waals surface area contributed by atoms with Crippen LogP contribution in [0.15, 0.2) is 24.3 Å². The fraction of sp³-hybridized carbons (Fsp3) is 0.600. The summed E-state index contributed by atoms with van der Waals surface area (Å²) in [4.78, 5) is 0. The van der Waals surface area contributed by atoms with E-state index in [-0.39, 0.29) is 0 Å². The Morgan fingerprint density at radius 3 is 2.25 bits per heavy atom. The van der Waals surface area contributed by atoms with Crippen molar-refractivity contribution in [1.82, 2.24) is 0 Å². The van der Waals surface area contributed by atoms with Gasteiger partial charge in [-0.1, -0.05) is 44.7 Å². The van der Waals surface area contributed by atoms with Crippen LogP contribution in [0.4, 0.5) is 0 Å². The highest BCUT2D eigenvalue weighted by atomic mass is 16.5. The normalized spacial score (nSPS) is 10.6. The fourth-order valence-corrected chi connectivity index (χ4v) is 1.86. The smallest absolute Gasteiger partial charge is 0.488 e. The van der Waals surface area contributed by atoms with Crippen molar-refractivity contribution in [3.05, 3.63) is 24.3 Å². The standard InChI is InChI=1S/C15H25BO4/c1-2-3-4-5-6-11-19-12-13-20-15-9-7-14(8-10-15)16(17)18/h7-10,17-18H,2-6,11-13H2,1H3. The topological polar surface area (TPSA) is 58.9 Å². The third-order valence-corrected chi connectivity index (χ3v) is 3.07. The zero-order chi connectivity index (χ0) is 14.6. The molecule has 1 rings (SSSR count). The molecule has 0 heterocycles. The van der Waals surface area contributed by atoms with E-state index in [0.717, 1.165) is 13.0 Å². The molecule has 0 saturated carbocycles. The largest absolute Gasteiger partial charge is 0.491 e. The van der Waals surface area contributed by atoms with Crippen molar-refractivity contribution in [2.75, 3.05) is 19.8 Å². The molecule has 0 aliphatic heterocycles. The molecule has 0 saturated heterocycles. The predicted molar refractivity (Wildman–Crippen MR) is 81.3 cm³/mol. The monoisotopic (exact) mass is 280 g/mol. The Bertz CT molecular complexity index is 340. The van der Waals surface area contributed by atoms with Crippen LogP contribution in [0, 0.1) is 0 Å². The molecule has 0 spiro atoms. The third kappa shape index (κ3) is 7.53. The van der Waals surface area contributed by atoms with Crippen LogP contribution in [0.1, 0.15) is 39.0 Å². The second-order valence-electron chi connectivity index (χ2n) is 4.82. The van der Waals surface area contributed by atoms with Crippen molar-refractivity contribution in [1.29, 1.82) is 0 Å². The maximum Gasteiger partial charge on any atom is 0.488 e. The summed E-state index contributed by atoms with van der Waals surface area (Å²) in [7, 11) is -1.43. The summed E-state index contributed by atoms with van der Waals surface area (Å²) < 4.78 is 11.0. The quantitative estimate of drug-likeness (QED) is 0.479. The van der Waals surface area contributed by atoms with E-state index in [0.29, 0.717) is 24.4 Å². The van der Waals surface area contributed by atoms with Gasteiger partial charge in [-0.3, -0.25) is 0 Å². The van der Waals surface area contributed by atoms with Crippen LogP contribution in [0.25, 0.3) is 0 Å². The summed E-state index contributed by atoms with van der Waals surface area (Å²) in [5.74, 6) is 0.709. The summed E-state index contributed by atoms with van der Waals surface area (Å²) in [6.07, 6.45) is 6.21. The molecular weight excluding hydrogens is 255 g/mol. The summed E-state index contributed by atoms with van der Waals surface area (Å²) in [6.45, 7) is 4.10. The Morgan fingerprint density at radius 1 is 0.900 bits per heavy atom. The Morgan fingerprint density at radius 2 is 1.60 bits per heavy atom. The number of hydrogen-bond donors (Lipinski definition) is 2. The summed E-state index contributed by atoms with van der Waals surface area (Å²) in [5, 5.41) is 17.9. The first-order chi connectivity index (χ1) is 9.74. The van der Waals surface area contributed by atoms with Gasteiger partial charge >= 0.3 is 7.12 Å². The van der Waals surface area contributed by atoms with E-state index >= 15 is 0 Å². The van der Waals surface area contributed by atoms with Crippen molar-refractivity contribution < 1.29 is 19.5 Å². The average Bonchev–Trinajstić information content (AvgIpc) is 2.46. The van der Waals surface area contributed by atoms with Crippen molar-refractivity contribution in [3.63, 3.8) is 0 Å². The summed E-state index contributed by atoms with van der Waals surface area (Å²) in [5.41, 5.74) is 0.459. The third-order valence-electron chi connectivity index (χ3n) is 3.07. The molecule has 0 amide bonds. The summed E-state index contributed by atoms with van der Waals surface area (Å²) in [6, 6.07) is 6.71. The lowest BCUT2D eigenvalue weighted by molar-refractivity contribution is 0.0971. The lowest BCUT2D eigenvalue weighted by Gasteiger charge is -2.08. The van der Waals surface area contributed by atoms with Gasteiger partial charge in [-0.25, -0.2) is 0 Å². The number of hydrogen-bond acceptors (Lipinski definition) is 4. The molecule has 0 aliphatic rings. The Hall–Kier alpha value is -1.04. The molecule has 20 heavy (non-hydrogen) atoms. The molecule has 0 fully saturated rings. The van der Waals surface area contributed by atoms with E-state index in [1.54, 1.807) is 24.3 Å². The number of rotatable bonds is 11. The van der Waals surface area contributed by atoms with Gasteiger partial charge in [0.05, 0.1) is 6.61 Å². The molecule has 0 aromatic heterocycles. The minimum atomic E-state index is -1.43. The Kier molecular flexibility index (Phi) is 9.12. The first-order valence-electron chi connectivity index (χ1n) is 7.40. The molecular formula is C15H25BO4. The van der Waals surface area contributed by atoms with Crippen LogP contribution in [-0.2, 0) is 4.74 Å². The van der Waals surface area contributed by atoms with Crippen LogP contribution >= 0.6 is 0 Å². The van der Waals surface area contributed by atoms with E-state index < -0.39 is 7.12 Å². The van der Waals surface area contributed by atoms with Gasteiger partial charge in [-0.15, -0.1) is 0 Å². The second kappa shape index (κ2) is 10.7.